The lowest BCUT2D eigenvalue weighted by Gasteiger charge is -2.33. The maximum atomic E-state index is 12.4. The Hall–Kier alpha value is -1.91. The van der Waals surface area contributed by atoms with Crippen molar-refractivity contribution in [3.63, 3.8) is 0 Å². The van der Waals surface area contributed by atoms with E-state index in [2.05, 4.69) is 4.98 Å². The van der Waals surface area contributed by atoms with Gasteiger partial charge in [-0.3, -0.25) is 14.6 Å². The Labute approximate surface area is 126 Å². The molecule has 2 amide bonds. The fraction of sp³-hybridized carbons (Fsp3) is 0.562. The molecule has 0 aliphatic carbocycles. The van der Waals surface area contributed by atoms with Crippen molar-refractivity contribution < 1.29 is 9.59 Å². The number of amides is 2. The monoisotopic (exact) mass is 289 g/mol. The van der Waals surface area contributed by atoms with Crippen LogP contribution in [0.15, 0.2) is 18.3 Å². The molecule has 0 aromatic carbocycles. The van der Waals surface area contributed by atoms with Gasteiger partial charge in [-0.05, 0) is 31.4 Å². The van der Waals surface area contributed by atoms with Crippen LogP contribution in [0.5, 0.6) is 0 Å². The first kappa shape index (κ1) is 15.5. The van der Waals surface area contributed by atoms with Crippen LogP contribution in [0.3, 0.4) is 0 Å². The highest BCUT2D eigenvalue weighted by molar-refractivity contribution is 5.82. The zero-order valence-electron chi connectivity index (χ0n) is 13.0. The number of nitrogens with zero attached hydrogens (tertiary/aromatic N) is 3. The molecule has 2 rings (SSSR count). The van der Waals surface area contributed by atoms with Crippen molar-refractivity contribution in [3.8, 4) is 0 Å². The third-order valence-electron chi connectivity index (χ3n) is 3.89. The molecule has 5 heteroatoms. The van der Waals surface area contributed by atoms with E-state index in [1.54, 1.807) is 25.2 Å². The Kier molecular flexibility index (Phi) is 4.94. The van der Waals surface area contributed by atoms with Crippen LogP contribution in [0.2, 0.25) is 0 Å². The van der Waals surface area contributed by atoms with Crippen LogP contribution in [-0.2, 0) is 16.0 Å². The van der Waals surface area contributed by atoms with Crippen LogP contribution < -0.4 is 0 Å². The van der Waals surface area contributed by atoms with Crippen LogP contribution in [0.25, 0.3) is 0 Å². The molecule has 1 fully saturated rings. The van der Waals surface area contributed by atoms with Gasteiger partial charge < -0.3 is 9.80 Å². The van der Waals surface area contributed by atoms with Gasteiger partial charge in [0.05, 0.1) is 12.3 Å². The van der Waals surface area contributed by atoms with Crippen LogP contribution in [0.4, 0.5) is 0 Å². The summed E-state index contributed by atoms with van der Waals surface area (Å²) in [5.41, 5.74) is 1.87. The van der Waals surface area contributed by atoms with Crippen molar-refractivity contribution in [1.82, 2.24) is 14.8 Å². The zero-order chi connectivity index (χ0) is 15.4. The first-order chi connectivity index (χ1) is 9.97. The average Bonchev–Trinajstić information content (AvgIpc) is 2.48. The molecule has 1 unspecified atom stereocenters. The number of rotatable bonds is 3. The fourth-order valence-corrected chi connectivity index (χ4v) is 2.66. The minimum atomic E-state index is -0.0613. The van der Waals surface area contributed by atoms with Gasteiger partial charge in [0.25, 0.3) is 0 Å². The summed E-state index contributed by atoms with van der Waals surface area (Å²) in [7, 11) is 3.53. The molecule has 0 N–H and O–H groups in total. The summed E-state index contributed by atoms with van der Waals surface area (Å²) in [6.07, 6.45) is 3.87. The number of pyridine rings is 1. The van der Waals surface area contributed by atoms with E-state index in [0.29, 0.717) is 13.0 Å². The summed E-state index contributed by atoms with van der Waals surface area (Å²) >= 11 is 0. The third kappa shape index (κ3) is 4.03. The van der Waals surface area contributed by atoms with Gasteiger partial charge in [-0.1, -0.05) is 6.07 Å². The summed E-state index contributed by atoms with van der Waals surface area (Å²) < 4.78 is 0. The van der Waals surface area contributed by atoms with Crippen molar-refractivity contribution in [2.24, 2.45) is 5.92 Å². The second kappa shape index (κ2) is 6.70. The molecule has 1 aromatic rings. The van der Waals surface area contributed by atoms with Crippen molar-refractivity contribution in [1.29, 1.82) is 0 Å². The maximum absolute atomic E-state index is 12.4. The molecule has 0 radical (unpaired) electrons. The topological polar surface area (TPSA) is 53.5 Å². The number of aryl methyl sites for hydroxylation is 1. The lowest BCUT2D eigenvalue weighted by atomic mass is 9.96. The van der Waals surface area contributed by atoms with Gasteiger partial charge in [0, 0.05) is 39.1 Å². The molecule has 114 valence electrons. The van der Waals surface area contributed by atoms with Crippen molar-refractivity contribution in [2.45, 2.75) is 26.2 Å². The normalized spacial score (nSPS) is 18.4. The number of aromatic nitrogens is 1. The molecule has 1 saturated heterocycles. The van der Waals surface area contributed by atoms with E-state index in [0.717, 1.165) is 30.6 Å². The number of hydrogen-bond acceptors (Lipinski definition) is 3. The van der Waals surface area contributed by atoms with Crippen LogP contribution >= 0.6 is 0 Å². The first-order valence-electron chi connectivity index (χ1n) is 7.38. The molecule has 1 aromatic heterocycles. The Bertz CT molecular complexity index is 511. The van der Waals surface area contributed by atoms with E-state index < -0.39 is 0 Å². The molecule has 0 saturated carbocycles. The van der Waals surface area contributed by atoms with Crippen molar-refractivity contribution in [3.05, 3.63) is 29.6 Å². The van der Waals surface area contributed by atoms with Crippen molar-refractivity contribution >= 4 is 11.8 Å². The van der Waals surface area contributed by atoms with Crippen LogP contribution in [0, 0.1) is 12.8 Å². The van der Waals surface area contributed by atoms with Crippen LogP contribution in [0.1, 0.15) is 24.1 Å². The van der Waals surface area contributed by atoms with Crippen LogP contribution in [-0.4, -0.2) is 53.8 Å². The van der Waals surface area contributed by atoms with E-state index in [1.165, 1.54) is 0 Å². The number of carbonyl (C=O) groups excluding carboxylic acids is 2. The number of hydrogen-bond donors (Lipinski definition) is 0. The highest BCUT2D eigenvalue weighted by Crippen LogP contribution is 2.19. The second-order valence-corrected chi connectivity index (χ2v) is 5.90. The van der Waals surface area contributed by atoms with Gasteiger partial charge in [0.15, 0.2) is 0 Å². The zero-order valence-corrected chi connectivity index (χ0v) is 13.0. The number of likely N-dealkylation sites (tertiary alicyclic amines) is 1. The SMILES string of the molecule is Cc1ccc(CC(=O)N2CCCC(C(=O)N(C)C)C2)cn1. The highest BCUT2D eigenvalue weighted by atomic mass is 16.2. The maximum Gasteiger partial charge on any atom is 0.227 e. The summed E-state index contributed by atoms with van der Waals surface area (Å²) in [4.78, 5) is 32.0. The molecule has 0 spiro atoms. The quantitative estimate of drug-likeness (QED) is 0.842. The molecular formula is C16H23N3O2. The second-order valence-electron chi connectivity index (χ2n) is 5.90. The minimum absolute atomic E-state index is 0.0613. The Morgan fingerprint density at radius 3 is 2.76 bits per heavy atom. The standard InChI is InChI=1S/C16H23N3O2/c1-12-6-7-13(10-17-12)9-15(20)19-8-4-5-14(11-19)16(21)18(2)3/h6-7,10,14H,4-5,8-9,11H2,1-3H3. The summed E-state index contributed by atoms with van der Waals surface area (Å²) in [6.45, 7) is 3.21. The van der Waals surface area contributed by atoms with E-state index >= 15 is 0 Å². The summed E-state index contributed by atoms with van der Waals surface area (Å²) in [5, 5.41) is 0. The third-order valence-corrected chi connectivity index (χ3v) is 3.89. The Balaban J connectivity index is 1.96. The number of carbonyl (C=O) groups is 2. The minimum Gasteiger partial charge on any atom is -0.349 e. The fourth-order valence-electron chi connectivity index (χ4n) is 2.66. The molecule has 0 bridgehead atoms. The average molecular weight is 289 g/mol. The molecule has 2 heterocycles. The Morgan fingerprint density at radius 1 is 1.38 bits per heavy atom. The van der Waals surface area contributed by atoms with Gasteiger partial charge >= 0.3 is 0 Å². The smallest absolute Gasteiger partial charge is 0.227 e. The predicted molar refractivity (Wildman–Crippen MR) is 80.7 cm³/mol. The van der Waals surface area contributed by atoms with Gasteiger partial charge in [0.2, 0.25) is 11.8 Å². The Morgan fingerprint density at radius 2 is 2.14 bits per heavy atom. The molecule has 21 heavy (non-hydrogen) atoms. The van der Waals surface area contributed by atoms with Gasteiger partial charge in [-0.25, -0.2) is 0 Å². The van der Waals surface area contributed by atoms with Gasteiger partial charge in [0.1, 0.15) is 0 Å². The first-order valence-corrected chi connectivity index (χ1v) is 7.38. The number of piperidine rings is 1. The van der Waals surface area contributed by atoms with E-state index in [4.69, 9.17) is 0 Å². The summed E-state index contributed by atoms with van der Waals surface area (Å²) in [5.74, 6) is 0.134. The van der Waals surface area contributed by atoms with Gasteiger partial charge in [-0.15, -0.1) is 0 Å². The van der Waals surface area contributed by atoms with Crippen molar-refractivity contribution in [2.75, 3.05) is 27.2 Å². The summed E-state index contributed by atoms with van der Waals surface area (Å²) in [6, 6.07) is 3.85. The van der Waals surface area contributed by atoms with E-state index in [-0.39, 0.29) is 17.7 Å². The lowest BCUT2D eigenvalue weighted by Crippen LogP contribution is -2.45. The molecule has 1 aliphatic rings. The molecule has 5 nitrogen and oxygen atoms in total. The van der Waals surface area contributed by atoms with E-state index in [9.17, 15) is 9.59 Å². The molecular weight excluding hydrogens is 266 g/mol. The van der Waals surface area contributed by atoms with Gasteiger partial charge in [-0.2, -0.15) is 0 Å². The lowest BCUT2D eigenvalue weighted by molar-refractivity contribution is -0.138. The highest BCUT2D eigenvalue weighted by Gasteiger charge is 2.29. The largest absolute Gasteiger partial charge is 0.349 e. The molecule has 1 atom stereocenters. The van der Waals surface area contributed by atoms with E-state index in [1.807, 2.05) is 24.0 Å². The predicted octanol–water partition coefficient (Wildman–Crippen LogP) is 1.26. The molecule has 1 aliphatic heterocycles.